The molecular formula is C11H20BrNOS. The minimum Gasteiger partial charge on any atom is -0.349 e. The van der Waals surface area contributed by atoms with Gasteiger partial charge in [0.1, 0.15) is 0 Å². The van der Waals surface area contributed by atoms with Crippen molar-refractivity contribution in [3.05, 3.63) is 0 Å². The summed E-state index contributed by atoms with van der Waals surface area (Å²) in [5.74, 6) is 1.33. The quantitative estimate of drug-likeness (QED) is 0.811. The van der Waals surface area contributed by atoms with Gasteiger partial charge in [0.2, 0.25) is 5.91 Å². The number of halogens is 1. The van der Waals surface area contributed by atoms with Gasteiger partial charge in [0.05, 0.1) is 5.25 Å². The monoisotopic (exact) mass is 293 g/mol. The predicted octanol–water partition coefficient (Wildman–Crippen LogP) is 2.95. The van der Waals surface area contributed by atoms with Crippen LogP contribution in [0.4, 0.5) is 0 Å². The van der Waals surface area contributed by atoms with Gasteiger partial charge in [-0.2, -0.15) is 0 Å². The Morgan fingerprint density at radius 2 is 2.20 bits per heavy atom. The van der Waals surface area contributed by atoms with Gasteiger partial charge in [0, 0.05) is 10.4 Å². The summed E-state index contributed by atoms with van der Waals surface area (Å²) in [7, 11) is 0. The maximum Gasteiger partial charge on any atom is 0.233 e. The third kappa shape index (κ3) is 3.99. The molecule has 0 aromatic heterocycles. The van der Waals surface area contributed by atoms with Crippen LogP contribution >= 0.6 is 27.7 Å². The van der Waals surface area contributed by atoms with Crippen LogP contribution in [0.15, 0.2) is 0 Å². The molecule has 1 N–H and O–H groups in total. The molecule has 0 aliphatic carbocycles. The van der Waals surface area contributed by atoms with Crippen LogP contribution in [0.5, 0.6) is 0 Å². The van der Waals surface area contributed by atoms with Crippen LogP contribution in [-0.4, -0.2) is 27.3 Å². The van der Waals surface area contributed by atoms with E-state index in [4.69, 9.17) is 0 Å². The van der Waals surface area contributed by atoms with Crippen LogP contribution in [0.2, 0.25) is 0 Å². The summed E-state index contributed by atoms with van der Waals surface area (Å²) in [6.45, 7) is 6.17. The van der Waals surface area contributed by atoms with E-state index in [1.54, 1.807) is 11.8 Å². The normalized spacial score (nSPS) is 24.7. The first-order chi connectivity index (χ1) is 6.93. The van der Waals surface area contributed by atoms with Crippen LogP contribution in [0.1, 0.15) is 40.0 Å². The van der Waals surface area contributed by atoms with Crippen molar-refractivity contribution in [2.75, 3.05) is 5.75 Å². The number of thioether (sulfide) groups is 1. The highest BCUT2D eigenvalue weighted by molar-refractivity contribution is 9.09. The van der Waals surface area contributed by atoms with E-state index in [9.17, 15) is 4.79 Å². The molecule has 1 heterocycles. The van der Waals surface area contributed by atoms with Gasteiger partial charge in [-0.25, -0.2) is 0 Å². The molecule has 2 unspecified atom stereocenters. The van der Waals surface area contributed by atoms with E-state index in [-0.39, 0.29) is 21.5 Å². The Hall–Kier alpha value is 0.300. The van der Waals surface area contributed by atoms with Crippen molar-refractivity contribution in [3.8, 4) is 0 Å². The van der Waals surface area contributed by atoms with Crippen molar-refractivity contribution in [1.29, 1.82) is 0 Å². The summed E-state index contributed by atoms with van der Waals surface area (Å²) in [6.07, 6.45) is 3.48. The zero-order valence-corrected chi connectivity index (χ0v) is 12.1. The lowest BCUT2D eigenvalue weighted by molar-refractivity contribution is -0.122. The van der Waals surface area contributed by atoms with Crippen LogP contribution in [0, 0.1) is 0 Å². The Morgan fingerprint density at radius 1 is 1.53 bits per heavy atom. The fourth-order valence-corrected chi connectivity index (χ4v) is 2.76. The van der Waals surface area contributed by atoms with Gasteiger partial charge in [0.25, 0.3) is 0 Å². The van der Waals surface area contributed by atoms with E-state index < -0.39 is 0 Å². The maximum absolute atomic E-state index is 12.0. The second-order valence-corrected chi connectivity index (χ2v) is 7.37. The molecular weight excluding hydrogens is 274 g/mol. The molecule has 1 amide bonds. The summed E-state index contributed by atoms with van der Waals surface area (Å²) >= 11 is 5.32. The number of hydrogen-bond acceptors (Lipinski definition) is 2. The molecule has 1 saturated heterocycles. The number of carbonyl (C=O) groups is 1. The van der Waals surface area contributed by atoms with Crippen molar-refractivity contribution in [3.63, 3.8) is 0 Å². The maximum atomic E-state index is 12.0. The lowest BCUT2D eigenvalue weighted by atomic mass is 10.0. The van der Waals surface area contributed by atoms with Crippen LogP contribution < -0.4 is 5.32 Å². The Balaban J connectivity index is 2.47. The molecule has 0 aromatic rings. The highest BCUT2D eigenvalue weighted by Gasteiger charge is 2.30. The molecule has 0 aromatic carbocycles. The van der Waals surface area contributed by atoms with Gasteiger partial charge in [-0.05, 0) is 32.4 Å². The van der Waals surface area contributed by atoms with E-state index in [1.165, 1.54) is 12.8 Å². The summed E-state index contributed by atoms with van der Waals surface area (Å²) < 4.78 is 0. The molecule has 1 aliphatic heterocycles. The molecule has 2 atom stereocenters. The van der Waals surface area contributed by atoms with E-state index in [0.29, 0.717) is 0 Å². The number of nitrogens with one attached hydrogen (secondary N) is 1. The topological polar surface area (TPSA) is 29.1 Å². The van der Waals surface area contributed by atoms with Crippen molar-refractivity contribution in [2.45, 2.75) is 55.6 Å². The average Bonchev–Trinajstić information content (AvgIpc) is 2.18. The largest absolute Gasteiger partial charge is 0.349 e. The van der Waals surface area contributed by atoms with Gasteiger partial charge in [-0.1, -0.05) is 29.3 Å². The van der Waals surface area contributed by atoms with Gasteiger partial charge < -0.3 is 5.32 Å². The molecule has 88 valence electrons. The molecule has 1 fully saturated rings. The van der Waals surface area contributed by atoms with Crippen molar-refractivity contribution < 1.29 is 4.79 Å². The van der Waals surface area contributed by atoms with Gasteiger partial charge in [-0.15, -0.1) is 11.8 Å². The summed E-state index contributed by atoms with van der Waals surface area (Å²) in [6, 6.07) is 0. The number of carbonyl (C=O) groups excluding carboxylic acids is 1. The molecule has 1 aliphatic rings. The fraction of sp³-hybridized carbons (Fsp3) is 0.909. The van der Waals surface area contributed by atoms with Crippen molar-refractivity contribution >= 4 is 33.6 Å². The first-order valence-electron chi connectivity index (χ1n) is 5.51. The minimum absolute atomic E-state index is 0.171. The van der Waals surface area contributed by atoms with E-state index in [0.717, 1.165) is 12.2 Å². The molecule has 0 radical (unpaired) electrons. The molecule has 15 heavy (non-hydrogen) atoms. The Morgan fingerprint density at radius 3 is 2.67 bits per heavy atom. The predicted molar refractivity (Wildman–Crippen MR) is 70.7 cm³/mol. The standard InChI is InChI=1S/C11H20BrNOS/c1-8(12)11(2,3)13-10(14)9-6-4-5-7-15-9/h8-9H,4-7H2,1-3H3,(H,13,14). The van der Waals surface area contributed by atoms with E-state index in [1.807, 2.05) is 0 Å². The fourth-order valence-electron chi connectivity index (χ4n) is 1.44. The summed E-state index contributed by atoms with van der Waals surface area (Å²) in [5.41, 5.74) is -0.172. The van der Waals surface area contributed by atoms with Gasteiger partial charge in [0.15, 0.2) is 0 Å². The van der Waals surface area contributed by atoms with Crippen LogP contribution in [-0.2, 0) is 4.79 Å². The smallest absolute Gasteiger partial charge is 0.233 e. The number of hydrogen-bond donors (Lipinski definition) is 1. The Kier molecular flexibility index (Phi) is 4.97. The SMILES string of the molecule is CC(Br)C(C)(C)NC(=O)C1CCCCS1. The second kappa shape index (κ2) is 5.58. The van der Waals surface area contributed by atoms with Crippen LogP contribution in [0.25, 0.3) is 0 Å². The molecule has 4 heteroatoms. The van der Waals surface area contributed by atoms with Crippen molar-refractivity contribution in [1.82, 2.24) is 5.32 Å². The van der Waals surface area contributed by atoms with Crippen LogP contribution in [0.3, 0.4) is 0 Å². The molecule has 2 nitrogen and oxygen atoms in total. The van der Waals surface area contributed by atoms with E-state index in [2.05, 4.69) is 42.0 Å². The lowest BCUT2D eigenvalue weighted by Crippen LogP contribution is -2.51. The van der Waals surface area contributed by atoms with Gasteiger partial charge in [-0.3, -0.25) is 4.79 Å². The zero-order valence-electron chi connectivity index (χ0n) is 9.68. The highest BCUT2D eigenvalue weighted by Crippen LogP contribution is 2.26. The Labute approximate surface area is 105 Å². The highest BCUT2D eigenvalue weighted by atomic mass is 79.9. The molecule has 0 saturated carbocycles. The average molecular weight is 294 g/mol. The summed E-state index contributed by atoms with van der Waals surface area (Å²) in [4.78, 5) is 12.2. The van der Waals surface area contributed by atoms with Crippen molar-refractivity contribution in [2.24, 2.45) is 0 Å². The molecule has 0 bridgehead atoms. The Bertz CT molecular complexity index is 225. The zero-order chi connectivity index (χ0) is 11.5. The number of amides is 1. The number of rotatable bonds is 3. The lowest BCUT2D eigenvalue weighted by Gasteiger charge is -2.32. The number of alkyl halides is 1. The molecule has 0 spiro atoms. The molecule has 1 rings (SSSR count). The summed E-state index contributed by atoms with van der Waals surface area (Å²) in [5, 5.41) is 3.29. The third-order valence-electron chi connectivity index (χ3n) is 2.91. The first-order valence-corrected chi connectivity index (χ1v) is 7.47. The van der Waals surface area contributed by atoms with E-state index >= 15 is 0 Å². The first kappa shape index (κ1) is 13.4. The van der Waals surface area contributed by atoms with Gasteiger partial charge >= 0.3 is 0 Å². The minimum atomic E-state index is -0.172. The third-order valence-corrected chi connectivity index (χ3v) is 5.43. The second-order valence-electron chi connectivity index (χ2n) is 4.68.